The maximum absolute atomic E-state index is 9.11. The average Bonchev–Trinajstić information content (AvgIpc) is 2.94. The zero-order chi connectivity index (χ0) is 12.8. The van der Waals surface area contributed by atoms with Gasteiger partial charge in [0.2, 0.25) is 0 Å². The summed E-state index contributed by atoms with van der Waals surface area (Å²) in [7, 11) is 0. The van der Waals surface area contributed by atoms with E-state index in [0.717, 1.165) is 11.3 Å². The van der Waals surface area contributed by atoms with Crippen molar-refractivity contribution in [1.29, 1.82) is 10.7 Å². The third-order valence-corrected chi connectivity index (χ3v) is 3.49. The summed E-state index contributed by atoms with van der Waals surface area (Å²) in [6.07, 6.45) is 2.84. The van der Waals surface area contributed by atoms with E-state index in [4.69, 9.17) is 10.7 Å². The van der Waals surface area contributed by atoms with Gasteiger partial charge in [-0.05, 0) is 23.4 Å². The van der Waals surface area contributed by atoms with Crippen LogP contribution in [0.25, 0.3) is 0 Å². The van der Waals surface area contributed by atoms with Crippen LogP contribution in [0.4, 0.5) is 0 Å². The molecule has 0 aliphatic carbocycles. The fourth-order valence-electron chi connectivity index (χ4n) is 1.64. The molecule has 1 aromatic heterocycles. The van der Waals surface area contributed by atoms with Crippen molar-refractivity contribution >= 4 is 17.2 Å². The maximum Gasteiger partial charge on any atom is 0.185 e. The monoisotopic (exact) mass is 255 g/mol. The van der Waals surface area contributed by atoms with E-state index < -0.39 is 0 Å². The summed E-state index contributed by atoms with van der Waals surface area (Å²) in [6.45, 7) is 0.539. The number of rotatable bonds is 4. The van der Waals surface area contributed by atoms with Gasteiger partial charge in [0.25, 0.3) is 0 Å². The fourth-order valence-corrected chi connectivity index (χ4v) is 2.33. The van der Waals surface area contributed by atoms with Gasteiger partial charge in [0.15, 0.2) is 12.0 Å². The molecule has 18 heavy (non-hydrogen) atoms. The fraction of sp³-hybridized carbons (Fsp3) is 0.143. The van der Waals surface area contributed by atoms with E-state index in [0.29, 0.717) is 6.54 Å². The minimum Gasteiger partial charge on any atom is -0.283 e. The second-order valence-corrected chi connectivity index (χ2v) is 4.76. The third-order valence-electron chi connectivity index (χ3n) is 2.61. The molecule has 0 aliphatic rings. The molecule has 0 aliphatic heterocycles. The van der Waals surface area contributed by atoms with Gasteiger partial charge in [-0.2, -0.15) is 5.26 Å². The highest BCUT2D eigenvalue weighted by molar-refractivity contribution is 7.12. The van der Waals surface area contributed by atoms with Gasteiger partial charge < -0.3 is 0 Å². The first-order valence-electron chi connectivity index (χ1n) is 5.65. The molecule has 3 nitrogen and oxygen atoms in total. The van der Waals surface area contributed by atoms with Gasteiger partial charge in [0.05, 0.1) is 4.88 Å². The lowest BCUT2D eigenvalue weighted by molar-refractivity contribution is 0.573. The number of amidine groups is 1. The first-order chi connectivity index (χ1) is 8.81. The van der Waals surface area contributed by atoms with Crippen molar-refractivity contribution in [1.82, 2.24) is 4.90 Å². The van der Waals surface area contributed by atoms with Gasteiger partial charge in [-0.1, -0.05) is 36.4 Å². The van der Waals surface area contributed by atoms with Gasteiger partial charge in [-0.15, -0.1) is 11.3 Å². The molecule has 0 radical (unpaired) electrons. The number of nitrogens with zero attached hydrogens (tertiary/aromatic N) is 2. The first-order valence-corrected chi connectivity index (χ1v) is 6.53. The summed E-state index contributed by atoms with van der Waals surface area (Å²) in [5, 5.41) is 19.0. The lowest BCUT2D eigenvalue weighted by Gasteiger charge is -2.15. The van der Waals surface area contributed by atoms with E-state index >= 15 is 0 Å². The van der Waals surface area contributed by atoms with Crippen molar-refractivity contribution in [3.63, 3.8) is 0 Å². The standard InChI is InChI=1S/C14H13N3S/c15-11-17(14(16)13-7-4-10-18-13)9-8-12-5-2-1-3-6-12/h1-7,10,16H,8-9H2. The predicted octanol–water partition coefficient (Wildman–Crippen LogP) is 3.10. The number of nitrogens with one attached hydrogen (secondary N) is 1. The largest absolute Gasteiger partial charge is 0.283 e. The topological polar surface area (TPSA) is 50.9 Å². The number of hydrogen-bond acceptors (Lipinski definition) is 3. The zero-order valence-electron chi connectivity index (χ0n) is 9.84. The predicted molar refractivity (Wildman–Crippen MR) is 73.6 cm³/mol. The second kappa shape index (κ2) is 5.99. The van der Waals surface area contributed by atoms with Crippen molar-refractivity contribution in [2.45, 2.75) is 6.42 Å². The minimum absolute atomic E-state index is 0.281. The van der Waals surface area contributed by atoms with Crippen molar-refractivity contribution in [3.8, 4) is 6.19 Å². The summed E-state index contributed by atoms with van der Waals surface area (Å²) in [6, 6.07) is 13.8. The van der Waals surface area contributed by atoms with E-state index in [-0.39, 0.29) is 5.84 Å². The summed E-state index contributed by atoms with van der Waals surface area (Å²) in [5.41, 5.74) is 1.18. The van der Waals surface area contributed by atoms with E-state index in [1.165, 1.54) is 21.8 Å². The molecule has 0 bridgehead atoms. The minimum atomic E-state index is 0.281. The van der Waals surface area contributed by atoms with Crippen LogP contribution in [0.3, 0.4) is 0 Å². The van der Waals surface area contributed by atoms with E-state index in [9.17, 15) is 0 Å². The molecule has 90 valence electrons. The Bertz CT molecular complexity index is 540. The summed E-state index contributed by atoms with van der Waals surface area (Å²) in [5.74, 6) is 0.281. The number of thiophene rings is 1. The third kappa shape index (κ3) is 2.96. The molecule has 4 heteroatoms. The smallest absolute Gasteiger partial charge is 0.185 e. The van der Waals surface area contributed by atoms with Crippen LogP contribution in [0.5, 0.6) is 0 Å². The molecule has 0 amide bonds. The summed E-state index contributed by atoms with van der Waals surface area (Å²) < 4.78 is 0. The van der Waals surface area contributed by atoms with Crippen molar-refractivity contribution < 1.29 is 0 Å². The summed E-state index contributed by atoms with van der Waals surface area (Å²) >= 11 is 1.48. The molecule has 0 saturated carbocycles. The van der Waals surface area contributed by atoms with E-state index in [2.05, 4.69) is 6.19 Å². The molecular formula is C14H13N3S. The van der Waals surface area contributed by atoms with Gasteiger partial charge in [-0.3, -0.25) is 10.3 Å². The Morgan fingerprint density at radius 1 is 1.22 bits per heavy atom. The second-order valence-electron chi connectivity index (χ2n) is 3.81. The molecule has 0 unspecified atom stereocenters. The molecule has 0 spiro atoms. The van der Waals surface area contributed by atoms with Gasteiger partial charge in [-0.25, -0.2) is 0 Å². The molecule has 1 aromatic carbocycles. The Morgan fingerprint density at radius 2 is 2.00 bits per heavy atom. The van der Waals surface area contributed by atoms with Crippen LogP contribution in [0.2, 0.25) is 0 Å². The SMILES string of the molecule is N#CN(CCc1ccccc1)C(=N)c1cccs1. The number of nitriles is 1. The Labute approximate surface area is 110 Å². The van der Waals surface area contributed by atoms with Crippen LogP contribution < -0.4 is 0 Å². The molecule has 0 atom stereocenters. The molecule has 2 rings (SSSR count). The lowest BCUT2D eigenvalue weighted by atomic mass is 10.1. The van der Waals surface area contributed by atoms with Gasteiger partial charge >= 0.3 is 0 Å². The number of hydrogen-bond donors (Lipinski definition) is 1. The Morgan fingerprint density at radius 3 is 2.61 bits per heavy atom. The maximum atomic E-state index is 9.11. The van der Waals surface area contributed by atoms with Crippen LogP contribution in [0.15, 0.2) is 47.8 Å². The van der Waals surface area contributed by atoms with Crippen molar-refractivity contribution in [2.24, 2.45) is 0 Å². The number of benzene rings is 1. The zero-order valence-corrected chi connectivity index (χ0v) is 10.7. The highest BCUT2D eigenvalue weighted by Crippen LogP contribution is 2.12. The van der Waals surface area contributed by atoms with Crippen LogP contribution in [0, 0.1) is 16.9 Å². The van der Waals surface area contributed by atoms with Crippen LogP contribution in [0.1, 0.15) is 10.4 Å². The quantitative estimate of drug-likeness (QED) is 0.395. The van der Waals surface area contributed by atoms with Crippen LogP contribution >= 0.6 is 11.3 Å². The summed E-state index contributed by atoms with van der Waals surface area (Å²) in [4.78, 5) is 2.25. The average molecular weight is 255 g/mol. The molecule has 1 N–H and O–H groups in total. The highest BCUT2D eigenvalue weighted by atomic mass is 32.1. The lowest BCUT2D eigenvalue weighted by Crippen LogP contribution is -2.27. The van der Waals surface area contributed by atoms with Gasteiger partial charge in [0, 0.05) is 6.54 Å². The Balaban J connectivity index is 1.99. The van der Waals surface area contributed by atoms with Crippen LogP contribution in [-0.2, 0) is 6.42 Å². The van der Waals surface area contributed by atoms with Gasteiger partial charge in [0.1, 0.15) is 0 Å². The first kappa shape index (κ1) is 12.3. The Hall–Kier alpha value is -2.12. The molecular weight excluding hydrogens is 242 g/mol. The van der Waals surface area contributed by atoms with Crippen molar-refractivity contribution in [3.05, 3.63) is 58.3 Å². The molecule has 0 fully saturated rings. The molecule has 2 aromatic rings. The Kier molecular flexibility index (Phi) is 4.11. The highest BCUT2D eigenvalue weighted by Gasteiger charge is 2.11. The van der Waals surface area contributed by atoms with E-state index in [1.54, 1.807) is 0 Å². The molecule has 0 saturated heterocycles. The molecule has 1 heterocycles. The van der Waals surface area contributed by atoms with Crippen LogP contribution in [-0.4, -0.2) is 17.3 Å². The normalized spacial score (nSPS) is 9.72. The van der Waals surface area contributed by atoms with Crippen molar-refractivity contribution in [2.75, 3.05) is 6.54 Å². The van der Waals surface area contributed by atoms with E-state index in [1.807, 2.05) is 47.8 Å².